The van der Waals surface area contributed by atoms with E-state index in [0.29, 0.717) is 48.9 Å². The number of aromatic nitrogens is 1. The van der Waals surface area contributed by atoms with Crippen molar-refractivity contribution < 1.29 is 23.8 Å². The molecule has 0 N–H and O–H groups in total. The molecule has 1 aromatic heterocycles. The van der Waals surface area contributed by atoms with Gasteiger partial charge in [-0.1, -0.05) is 6.07 Å². The molecule has 32 heavy (non-hydrogen) atoms. The largest absolute Gasteiger partial charge is 0.481 e. The number of anilines is 1. The molecule has 166 valence electrons. The number of pyridine rings is 1. The summed E-state index contributed by atoms with van der Waals surface area (Å²) in [6, 6.07) is 10.6. The molecule has 0 bridgehead atoms. The maximum Gasteiger partial charge on any atom is 0.238 e. The Morgan fingerprint density at radius 2 is 2.03 bits per heavy atom. The summed E-state index contributed by atoms with van der Waals surface area (Å²) >= 11 is 0. The lowest BCUT2D eigenvalue weighted by atomic mass is 9.84. The van der Waals surface area contributed by atoms with Crippen LogP contribution in [-0.2, 0) is 16.0 Å². The number of amides is 1. The molecular weight excluding hydrogens is 410 g/mol. The lowest BCUT2D eigenvalue weighted by Gasteiger charge is -2.40. The number of hydrogen-bond donors (Lipinski definition) is 0. The number of hydrogen-bond acceptors (Lipinski definition) is 7. The average molecular weight is 435 g/mol. The van der Waals surface area contributed by atoms with Gasteiger partial charge in [0.1, 0.15) is 17.7 Å². The normalized spacial score (nSPS) is 19.8. The highest BCUT2D eigenvalue weighted by molar-refractivity contribution is 6.22. The van der Waals surface area contributed by atoms with Crippen LogP contribution in [0, 0.1) is 17.2 Å². The Balaban J connectivity index is 1.71. The molecule has 8 nitrogen and oxygen atoms in total. The standard InChI is InChI=1S/C24H25N3O5/c1-15(13-25)32-18-4-5-21-19(12-18)23(28)20(11-16-3-6-22(30-2)26-14-16)24(29)27(21)17-7-9-31-10-8-17/h3-6,12,14-15,17,20H,7-11H2,1-2H3. The van der Waals surface area contributed by atoms with Crippen molar-refractivity contribution >= 4 is 17.4 Å². The van der Waals surface area contributed by atoms with Crippen LogP contribution in [0.25, 0.3) is 0 Å². The van der Waals surface area contributed by atoms with E-state index in [2.05, 4.69) is 4.98 Å². The molecule has 1 aromatic carbocycles. The van der Waals surface area contributed by atoms with Crippen molar-refractivity contribution in [1.82, 2.24) is 4.98 Å². The average Bonchev–Trinajstić information content (AvgIpc) is 2.83. The van der Waals surface area contributed by atoms with Gasteiger partial charge in [0.15, 0.2) is 11.9 Å². The molecule has 2 unspecified atom stereocenters. The number of nitrogens with zero attached hydrogens (tertiary/aromatic N) is 3. The molecule has 0 spiro atoms. The van der Waals surface area contributed by atoms with Gasteiger partial charge in [-0.2, -0.15) is 5.26 Å². The highest BCUT2D eigenvalue weighted by Gasteiger charge is 2.42. The van der Waals surface area contributed by atoms with Gasteiger partial charge in [-0.3, -0.25) is 9.59 Å². The van der Waals surface area contributed by atoms with E-state index in [1.165, 1.54) is 7.11 Å². The first-order chi connectivity index (χ1) is 15.5. The summed E-state index contributed by atoms with van der Waals surface area (Å²) in [6.07, 6.45) is 2.64. The summed E-state index contributed by atoms with van der Waals surface area (Å²) in [5.74, 6) is -0.414. The van der Waals surface area contributed by atoms with E-state index in [1.54, 1.807) is 42.3 Å². The molecule has 0 aliphatic carbocycles. The first-order valence-electron chi connectivity index (χ1n) is 10.7. The molecule has 0 radical (unpaired) electrons. The third-order valence-electron chi connectivity index (χ3n) is 5.84. The second-order valence-corrected chi connectivity index (χ2v) is 7.95. The number of carbonyl (C=O) groups excluding carboxylic acids is 2. The summed E-state index contributed by atoms with van der Waals surface area (Å²) in [6.45, 7) is 2.79. The molecule has 1 fully saturated rings. The van der Waals surface area contributed by atoms with Crippen LogP contribution < -0.4 is 14.4 Å². The van der Waals surface area contributed by atoms with Crippen LogP contribution in [0.5, 0.6) is 11.6 Å². The van der Waals surface area contributed by atoms with Crippen molar-refractivity contribution in [3.8, 4) is 17.7 Å². The van der Waals surface area contributed by atoms with Gasteiger partial charge in [-0.05, 0) is 49.9 Å². The second kappa shape index (κ2) is 9.37. The first kappa shape index (κ1) is 21.8. The molecule has 2 aliphatic rings. The predicted molar refractivity (Wildman–Crippen MR) is 116 cm³/mol. The lowest BCUT2D eigenvalue weighted by molar-refractivity contribution is -0.122. The summed E-state index contributed by atoms with van der Waals surface area (Å²) in [5, 5.41) is 9.06. The molecule has 2 aliphatic heterocycles. The van der Waals surface area contributed by atoms with E-state index in [4.69, 9.17) is 19.5 Å². The first-order valence-corrected chi connectivity index (χ1v) is 10.7. The third kappa shape index (κ3) is 4.30. The molecule has 3 heterocycles. The maximum absolute atomic E-state index is 13.6. The molecule has 2 aromatic rings. The highest BCUT2D eigenvalue weighted by atomic mass is 16.5. The van der Waals surface area contributed by atoms with Crippen LogP contribution in [0.2, 0.25) is 0 Å². The molecule has 4 rings (SSSR count). The van der Waals surface area contributed by atoms with Crippen LogP contribution in [-0.4, -0.2) is 49.1 Å². The van der Waals surface area contributed by atoms with Gasteiger partial charge in [0.25, 0.3) is 0 Å². The molecule has 0 saturated carbocycles. The molecule has 1 amide bonds. The Labute approximate surface area is 186 Å². The monoisotopic (exact) mass is 435 g/mol. The van der Waals surface area contributed by atoms with Crippen LogP contribution >= 0.6 is 0 Å². The number of nitriles is 1. The minimum absolute atomic E-state index is 0.0376. The van der Waals surface area contributed by atoms with Gasteiger partial charge in [0.05, 0.1) is 12.8 Å². The number of Topliss-reactive ketones (excluding diaryl/α,β-unsaturated/α-hetero) is 1. The predicted octanol–water partition coefficient (Wildman–Crippen LogP) is 2.95. The van der Waals surface area contributed by atoms with E-state index in [0.717, 1.165) is 5.56 Å². The summed E-state index contributed by atoms with van der Waals surface area (Å²) in [5.41, 5.74) is 1.80. The summed E-state index contributed by atoms with van der Waals surface area (Å²) in [4.78, 5) is 33.0. The number of fused-ring (bicyclic) bond motifs is 1. The molecule has 2 atom stereocenters. The number of carbonyl (C=O) groups is 2. The van der Waals surface area contributed by atoms with E-state index < -0.39 is 12.0 Å². The van der Waals surface area contributed by atoms with Gasteiger partial charge in [0.2, 0.25) is 11.8 Å². The Bertz CT molecular complexity index is 1040. The minimum Gasteiger partial charge on any atom is -0.481 e. The lowest BCUT2D eigenvalue weighted by Crippen LogP contribution is -2.52. The van der Waals surface area contributed by atoms with Gasteiger partial charge < -0.3 is 19.1 Å². The van der Waals surface area contributed by atoms with Crippen LogP contribution in [0.1, 0.15) is 35.7 Å². The van der Waals surface area contributed by atoms with Crippen molar-refractivity contribution in [1.29, 1.82) is 5.26 Å². The van der Waals surface area contributed by atoms with Crippen molar-refractivity contribution in [3.05, 3.63) is 47.7 Å². The number of methoxy groups -OCH3 is 1. The fourth-order valence-electron chi connectivity index (χ4n) is 4.20. The number of ketones is 1. The number of benzene rings is 1. The Hall–Kier alpha value is -3.44. The van der Waals surface area contributed by atoms with Crippen molar-refractivity contribution in [3.63, 3.8) is 0 Å². The number of ether oxygens (including phenoxy) is 3. The maximum atomic E-state index is 13.6. The molecular formula is C24H25N3O5. The van der Waals surface area contributed by atoms with Gasteiger partial charge >= 0.3 is 0 Å². The Morgan fingerprint density at radius 3 is 2.69 bits per heavy atom. The zero-order chi connectivity index (χ0) is 22.7. The van der Waals surface area contributed by atoms with Gasteiger partial charge in [-0.15, -0.1) is 0 Å². The third-order valence-corrected chi connectivity index (χ3v) is 5.84. The molecule has 1 saturated heterocycles. The van der Waals surface area contributed by atoms with Crippen molar-refractivity contribution in [2.45, 2.75) is 38.3 Å². The topological polar surface area (TPSA) is 102 Å². The second-order valence-electron chi connectivity index (χ2n) is 7.95. The van der Waals surface area contributed by atoms with Gasteiger partial charge in [-0.25, -0.2) is 4.98 Å². The van der Waals surface area contributed by atoms with E-state index in [9.17, 15) is 9.59 Å². The number of rotatable bonds is 6. The van der Waals surface area contributed by atoms with Crippen LogP contribution in [0.3, 0.4) is 0 Å². The molecule has 8 heteroatoms. The van der Waals surface area contributed by atoms with Crippen molar-refractivity contribution in [2.24, 2.45) is 5.92 Å². The van der Waals surface area contributed by atoms with E-state index in [-0.39, 0.29) is 24.2 Å². The quantitative estimate of drug-likeness (QED) is 0.643. The zero-order valence-electron chi connectivity index (χ0n) is 18.1. The Morgan fingerprint density at radius 1 is 1.25 bits per heavy atom. The summed E-state index contributed by atoms with van der Waals surface area (Å²) < 4.78 is 16.2. The smallest absolute Gasteiger partial charge is 0.238 e. The van der Waals surface area contributed by atoms with Crippen LogP contribution in [0.15, 0.2) is 36.5 Å². The fraction of sp³-hybridized carbons (Fsp3) is 0.417. The fourth-order valence-corrected chi connectivity index (χ4v) is 4.20. The zero-order valence-corrected chi connectivity index (χ0v) is 18.1. The van der Waals surface area contributed by atoms with Crippen molar-refractivity contribution in [2.75, 3.05) is 25.2 Å². The van der Waals surface area contributed by atoms with Crippen LogP contribution in [0.4, 0.5) is 5.69 Å². The van der Waals surface area contributed by atoms with E-state index in [1.807, 2.05) is 12.1 Å². The highest BCUT2D eigenvalue weighted by Crippen LogP contribution is 2.37. The van der Waals surface area contributed by atoms with Gasteiger partial charge in [0, 0.05) is 37.1 Å². The minimum atomic E-state index is -0.857. The SMILES string of the molecule is COc1ccc(CC2C(=O)c3cc(OC(C)C#N)ccc3N(C3CCOCC3)C2=O)cn1. The Kier molecular flexibility index (Phi) is 6.37. The van der Waals surface area contributed by atoms with E-state index >= 15 is 0 Å². The summed E-state index contributed by atoms with van der Waals surface area (Å²) in [7, 11) is 1.53.